The van der Waals surface area contributed by atoms with Crippen LogP contribution in [0.3, 0.4) is 0 Å². The molecule has 0 aromatic rings. The van der Waals surface area contributed by atoms with Crippen LogP contribution in [0, 0.1) is 5.92 Å². The maximum Gasteiger partial charge on any atom is 0.303 e. The normalized spacial score (nSPS) is 37.2. The first-order valence-corrected chi connectivity index (χ1v) is 12.2. The van der Waals surface area contributed by atoms with E-state index in [1.165, 1.54) is 13.0 Å². The summed E-state index contributed by atoms with van der Waals surface area (Å²) in [6.07, 6.45) is 9.85. The highest BCUT2D eigenvalue weighted by Gasteiger charge is 2.55. The molecule has 8 nitrogen and oxygen atoms in total. The van der Waals surface area contributed by atoms with Crippen LogP contribution in [0.1, 0.15) is 53.9 Å². The van der Waals surface area contributed by atoms with Crippen LogP contribution in [0.25, 0.3) is 0 Å². The van der Waals surface area contributed by atoms with Gasteiger partial charge in [-0.1, -0.05) is 30.7 Å². The molecule has 3 saturated heterocycles. The molecular formula is C26H39NO7. The van der Waals surface area contributed by atoms with E-state index < -0.39 is 17.8 Å². The van der Waals surface area contributed by atoms with Gasteiger partial charge in [0.25, 0.3) is 0 Å². The summed E-state index contributed by atoms with van der Waals surface area (Å²) >= 11 is 0. The minimum atomic E-state index is -0.625. The lowest BCUT2D eigenvalue weighted by Gasteiger charge is -2.39. The van der Waals surface area contributed by atoms with Crippen LogP contribution in [0.5, 0.6) is 0 Å². The van der Waals surface area contributed by atoms with Crippen molar-refractivity contribution in [3.05, 3.63) is 36.0 Å². The molecule has 2 N–H and O–H groups in total. The van der Waals surface area contributed by atoms with Crippen molar-refractivity contribution in [3.8, 4) is 0 Å². The van der Waals surface area contributed by atoms with Gasteiger partial charge in [-0.05, 0) is 45.6 Å². The number of aliphatic hydroxyl groups excluding tert-OH is 1. The molecule has 0 aromatic heterocycles. The molecule has 0 saturated carbocycles. The molecule has 0 unspecified atom stereocenters. The van der Waals surface area contributed by atoms with E-state index in [9.17, 15) is 14.7 Å². The first-order chi connectivity index (χ1) is 16.1. The van der Waals surface area contributed by atoms with Crippen molar-refractivity contribution < 1.29 is 33.6 Å². The Morgan fingerprint density at radius 3 is 2.68 bits per heavy atom. The van der Waals surface area contributed by atoms with Crippen molar-refractivity contribution in [2.24, 2.45) is 5.92 Å². The Balaban J connectivity index is 1.45. The van der Waals surface area contributed by atoms with E-state index in [0.717, 1.165) is 24.8 Å². The molecule has 34 heavy (non-hydrogen) atoms. The number of allylic oxidation sites excluding steroid dienone is 2. The standard InChI is InChI=1S/C26H39NO7/c1-16(7-10-23-25(30)26(15-32-26)12-13-31-23)6-9-22-17(2)14-21(19(4)34-22)27-24(29)11-8-18(3)33-20(5)28/h6-8,10-11,17-19,21-23,25,30H,9,12-15H2,1-5H3,(H,27,29)/b10-7+,11-8-,16-6+/t17-,18-,19+,21+,22-,23+,25+,26+/m0/s1. The molecule has 3 rings (SSSR count). The molecule has 0 radical (unpaired) electrons. The minimum absolute atomic E-state index is 0.0608. The third kappa shape index (κ3) is 7.25. The number of aliphatic hydroxyl groups is 1. The fourth-order valence-corrected chi connectivity index (χ4v) is 4.56. The number of ether oxygens (including phenoxy) is 4. The van der Waals surface area contributed by atoms with Gasteiger partial charge >= 0.3 is 5.97 Å². The van der Waals surface area contributed by atoms with E-state index in [1.807, 2.05) is 26.0 Å². The Labute approximate surface area is 202 Å². The number of esters is 1. The zero-order chi connectivity index (χ0) is 24.9. The van der Waals surface area contributed by atoms with Crippen molar-refractivity contribution in [2.45, 2.75) is 96.0 Å². The number of hydrogen-bond donors (Lipinski definition) is 2. The van der Waals surface area contributed by atoms with Gasteiger partial charge in [0, 0.05) is 19.4 Å². The summed E-state index contributed by atoms with van der Waals surface area (Å²) in [5.74, 6) is -0.335. The van der Waals surface area contributed by atoms with Crippen LogP contribution < -0.4 is 5.32 Å². The molecule has 1 amide bonds. The van der Waals surface area contributed by atoms with Crippen LogP contribution in [-0.2, 0) is 28.5 Å². The zero-order valence-corrected chi connectivity index (χ0v) is 20.9. The molecule has 3 aliphatic rings. The molecule has 8 atom stereocenters. The van der Waals surface area contributed by atoms with Crippen molar-refractivity contribution in [2.75, 3.05) is 13.2 Å². The molecule has 0 bridgehead atoms. The van der Waals surface area contributed by atoms with Gasteiger partial charge in [0.05, 0.1) is 31.5 Å². The second-order valence-corrected chi connectivity index (χ2v) is 9.81. The van der Waals surface area contributed by atoms with Gasteiger partial charge in [-0.2, -0.15) is 0 Å². The number of hydrogen-bond acceptors (Lipinski definition) is 7. The van der Waals surface area contributed by atoms with Crippen LogP contribution >= 0.6 is 0 Å². The van der Waals surface area contributed by atoms with E-state index >= 15 is 0 Å². The van der Waals surface area contributed by atoms with Crippen LogP contribution in [0.2, 0.25) is 0 Å². The summed E-state index contributed by atoms with van der Waals surface area (Å²) < 4.78 is 22.4. The second-order valence-electron chi connectivity index (χ2n) is 9.81. The molecule has 1 spiro atoms. The summed E-state index contributed by atoms with van der Waals surface area (Å²) in [6, 6.07) is -0.0840. The van der Waals surface area contributed by atoms with Gasteiger partial charge in [-0.3, -0.25) is 9.59 Å². The summed E-state index contributed by atoms with van der Waals surface area (Å²) in [5.41, 5.74) is 0.687. The van der Waals surface area contributed by atoms with Crippen LogP contribution in [0.4, 0.5) is 0 Å². The molecule has 190 valence electrons. The van der Waals surface area contributed by atoms with Gasteiger partial charge in [-0.25, -0.2) is 0 Å². The van der Waals surface area contributed by atoms with Crippen molar-refractivity contribution >= 4 is 11.9 Å². The van der Waals surface area contributed by atoms with E-state index in [1.54, 1.807) is 13.0 Å². The van der Waals surface area contributed by atoms with Crippen LogP contribution in [-0.4, -0.2) is 72.4 Å². The SMILES string of the molecule is CC(=O)O[C@@H](C)/C=C\C(=O)N[C@@H]1C[C@H](C)[C@H](C/C=C(C)/C=C/[C@H]2OCC[C@@]3(CO3)[C@@H]2O)O[C@@H]1C. The van der Waals surface area contributed by atoms with Gasteiger partial charge in [-0.15, -0.1) is 0 Å². The van der Waals surface area contributed by atoms with Gasteiger partial charge < -0.3 is 29.4 Å². The third-order valence-corrected chi connectivity index (χ3v) is 6.84. The van der Waals surface area contributed by atoms with Gasteiger partial charge in [0.2, 0.25) is 5.91 Å². The Morgan fingerprint density at radius 2 is 2.00 bits per heavy atom. The number of rotatable bonds is 8. The van der Waals surface area contributed by atoms with E-state index in [0.29, 0.717) is 13.2 Å². The second kappa shape index (κ2) is 11.6. The van der Waals surface area contributed by atoms with Crippen molar-refractivity contribution in [3.63, 3.8) is 0 Å². The molecule has 0 aromatic carbocycles. The smallest absolute Gasteiger partial charge is 0.303 e. The quantitative estimate of drug-likeness (QED) is 0.240. The maximum absolute atomic E-state index is 12.3. The first kappa shape index (κ1) is 26.6. The number of epoxide rings is 1. The molecule has 8 heteroatoms. The molecule has 3 aliphatic heterocycles. The fourth-order valence-electron chi connectivity index (χ4n) is 4.56. The number of amides is 1. The van der Waals surface area contributed by atoms with Gasteiger partial charge in [0.1, 0.15) is 23.9 Å². The molecular weight excluding hydrogens is 438 g/mol. The Kier molecular flexibility index (Phi) is 9.09. The van der Waals surface area contributed by atoms with E-state index in [4.69, 9.17) is 18.9 Å². The number of carbonyl (C=O) groups excluding carboxylic acids is 2. The lowest BCUT2D eigenvalue weighted by molar-refractivity contribution is -0.143. The van der Waals surface area contributed by atoms with Crippen LogP contribution in [0.15, 0.2) is 36.0 Å². The molecule has 3 heterocycles. The highest BCUT2D eigenvalue weighted by molar-refractivity contribution is 5.87. The number of carbonyl (C=O) groups is 2. The summed E-state index contributed by atoms with van der Waals surface area (Å²) in [7, 11) is 0. The minimum Gasteiger partial charge on any atom is -0.459 e. The zero-order valence-electron chi connectivity index (χ0n) is 20.9. The Hall–Kier alpha value is -2.00. The Bertz CT molecular complexity index is 816. The average molecular weight is 478 g/mol. The predicted octanol–water partition coefficient (Wildman–Crippen LogP) is 2.60. The lowest BCUT2D eigenvalue weighted by atomic mass is 9.88. The number of nitrogens with one attached hydrogen (secondary N) is 1. The molecule has 0 aliphatic carbocycles. The topological polar surface area (TPSA) is 107 Å². The summed E-state index contributed by atoms with van der Waals surface area (Å²) in [4.78, 5) is 23.2. The summed E-state index contributed by atoms with van der Waals surface area (Å²) in [6.45, 7) is 10.4. The maximum atomic E-state index is 12.3. The average Bonchev–Trinajstić information content (AvgIpc) is 3.54. The molecule has 3 fully saturated rings. The Morgan fingerprint density at radius 1 is 1.26 bits per heavy atom. The van der Waals surface area contributed by atoms with Crippen molar-refractivity contribution in [1.82, 2.24) is 5.32 Å². The predicted molar refractivity (Wildman–Crippen MR) is 127 cm³/mol. The fraction of sp³-hybridized carbons (Fsp3) is 0.692. The highest BCUT2D eigenvalue weighted by atomic mass is 16.6. The monoisotopic (exact) mass is 477 g/mol. The van der Waals surface area contributed by atoms with Crippen molar-refractivity contribution in [1.29, 1.82) is 0 Å². The van der Waals surface area contributed by atoms with E-state index in [2.05, 4.69) is 18.3 Å². The highest BCUT2D eigenvalue weighted by Crippen LogP contribution is 2.40. The van der Waals surface area contributed by atoms with Gasteiger partial charge in [0.15, 0.2) is 0 Å². The largest absolute Gasteiger partial charge is 0.459 e. The third-order valence-electron chi connectivity index (χ3n) is 6.84. The first-order valence-electron chi connectivity index (χ1n) is 12.2. The lowest BCUT2D eigenvalue weighted by Crippen LogP contribution is -2.50. The van der Waals surface area contributed by atoms with E-state index in [-0.39, 0.29) is 42.1 Å². The summed E-state index contributed by atoms with van der Waals surface area (Å²) in [5, 5.41) is 13.5.